The summed E-state index contributed by atoms with van der Waals surface area (Å²) in [5, 5.41) is 11.3. The van der Waals surface area contributed by atoms with Crippen LogP contribution in [0.15, 0.2) is 18.2 Å². The highest BCUT2D eigenvalue weighted by molar-refractivity contribution is 5.94. The van der Waals surface area contributed by atoms with E-state index in [-0.39, 0.29) is 24.6 Å². The summed E-state index contributed by atoms with van der Waals surface area (Å²) in [6.45, 7) is 0.924. The molecule has 1 unspecified atom stereocenters. The van der Waals surface area contributed by atoms with E-state index >= 15 is 0 Å². The maximum absolute atomic E-state index is 13.1. The number of piperidine rings is 1. The van der Waals surface area contributed by atoms with E-state index in [4.69, 9.17) is 5.11 Å². The van der Waals surface area contributed by atoms with Crippen LogP contribution in [0.3, 0.4) is 0 Å². The van der Waals surface area contributed by atoms with Crippen LogP contribution in [0.25, 0.3) is 0 Å². The first-order valence-corrected chi connectivity index (χ1v) is 7.18. The van der Waals surface area contributed by atoms with Crippen molar-refractivity contribution in [3.05, 3.63) is 29.8 Å². The van der Waals surface area contributed by atoms with Crippen molar-refractivity contribution in [2.75, 3.05) is 18.4 Å². The number of nitrogens with one attached hydrogen (secondary N) is 1. The molecule has 1 aromatic rings. The number of halogens is 2. The van der Waals surface area contributed by atoms with E-state index in [9.17, 15) is 18.4 Å². The summed E-state index contributed by atoms with van der Waals surface area (Å²) in [4.78, 5) is 24.8. The first-order chi connectivity index (χ1) is 10.5. The zero-order chi connectivity index (χ0) is 16.1. The highest BCUT2D eigenvalue weighted by atomic mass is 19.1. The number of aliphatic carboxylic acids is 1. The Labute approximate surface area is 126 Å². The number of carboxylic acids is 1. The Morgan fingerprint density at radius 2 is 1.91 bits per heavy atom. The highest BCUT2D eigenvalue weighted by Gasteiger charge is 2.28. The Morgan fingerprint density at radius 3 is 2.55 bits per heavy atom. The second-order valence-electron chi connectivity index (χ2n) is 5.34. The monoisotopic (exact) mass is 312 g/mol. The number of hydrogen-bond donors (Lipinski definition) is 2. The lowest BCUT2D eigenvalue weighted by Crippen LogP contribution is -2.47. The summed E-state index contributed by atoms with van der Waals surface area (Å²) in [6.07, 6.45) is 2.32. The lowest BCUT2D eigenvalue weighted by molar-refractivity contribution is -0.138. The summed E-state index contributed by atoms with van der Waals surface area (Å²) in [6, 6.07) is 2.35. The van der Waals surface area contributed by atoms with Gasteiger partial charge in [-0.2, -0.15) is 0 Å². The zero-order valence-corrected chi connectivity index (χ0v) is 12.0. The minimum atomic E-state index is -0.920. The predicted octanol–water partition coefficient (Wildman–Crippen LogP) is 2.23. The number of anilines is 1. The number of nitrogens with zero attached hydrogens (tertiary/aromatic N) is 1. The summed E-state index contributed by atoms with van der Waals surface area (Å²) in [5.74, 6) is -2.81. The van der Waals surface area contributed by atoms with Crippen LogP contribution in [-0.4, -0.2) is 41.0 Å². The van der Waals surface area contributed by atoms with Gasteiger partial charge in [0.05, 0.1) is 12.5 Å². The highest BCUT2D eigenvalue weighted by Crippen LogP contribution is 2.20. The minimum absolute atomic E-state index is 0.0433. The molecule has 0 saturated carbocycles. The molecule has 0 aliphatic carbocycles. The molecule has 120 valence electrons. The third-order valence-electron chi connectivity index (χ3n) is 3.66. The minimum Gasteiger partial charge on any atom is -0.481 e. The molecule has 1 atom stereocenters. The van der Waals surface area contributed by atoms with Crippen molar-refractivity contribution >= 4 is 17.6 Å². The van der Waals surface area contributed by atoms with E-state index in [0.29, 0.717) is 13.0 Å². The maximum atomic E-state index is 13.1. The van der Waals surface area contributed by atoms with Crippen molar-refractivity contribution in [1.29, 1.82) is 0 Å². The number of carboxylic acid groups (broad SMARTS) is 1. The molecule has 1 amide bonds. The molecule has 2 N–H and O–H groups in total. The number of benzene rings is 1. The maximum Gasteiger partial charge on any atom is 0.304 e. The Balaban J connectivity index is 2.03. The van der Waals surface area contributed by atoms with Gasteiger partial charge in [-0.05, 0) is 31.5 Å². The average molecular weight is 312 g/mol. The molecule has 1 saturated heterocycles. The second kappa shape index (κ2) is 7.31. The molecule has 1 heterocycles. The fourth-order valence-corrected chi connectivity index (χ4v) is 2.65. The molecule has 0 radical (unpaired) electrons. The van der Waals surface area contributed by atoms with Crippen LogP contribution < -0.4 is 5.32 Å². The van der Waals surface area contributed by atoms with Gasteiger partial charge in [0.1, 0.15) is 11.6 Å². The van der Waals surface area contributed by atoms with Crippen molar-refractivity contribution in [3.63, 3.8) is 0 Å². The SMILES string of the molecule is O=C(O)CCN1CCCCC1C(=O)Nc1cc(F)cc(F)c1. The standard InChI is InChI=1S/C15H18F2N2O3/c16-10-7-11(17)9-12(8-10)18-15(22)13-3-1-2-5-19(13)6-4-14(20)21/h7-9,13H,1-6H2,(H,18,22)(H,20,21). The Bertz CT molecular complexity index is 545. The second-order valence-corrected chi connectivity index (χ2v) is 5.34. The van der Waals surface area contributed by atoms with Gasteiger partial charge >= 0.3 is 5.97 Å². The molecule has 2 rings (SSSR count). The Kier molecular flexibility index (Phi) is 5.43. The van der Waals surface area contributed by atoms with Crippen LogP contribution in [0.4, 0.5) is 14.5 Å². The van der Waals surface area contributed by atoms with Crippen molar-refractivity contribution < 1.29 is 23.5 Å². The van der Waals surface area contributed by atoms with E-state index in [2.05, 4.69) is 5.32 Å². The van der Waals surface area contributed by atoms with E-state index in [1.165, 1.54) is 0 Å². The van der Waals surface area contributed by atoms with E-state index in [1.54, 1.807) is 0 Å². The zero-order valence-electron chi connectivity index (χ0n) is 12.0. The third kappa shape index (κ3) is 4.49. The van der Waals surface area contributed by atoms with Crippen LogP contribution in [-0.2, 0) is 9.59 Å². The molecule has 1 aliphatic heterocycles. The lowest BCUT2D eigenvalue weighted by atomic mass is 10.0. The van der Waals surface area contributed by atoms with Crippen LogP contribution in [0.5, 0.6) is 0 Å². The molecule has 5 nitrogen and oxygen atoms in total. The van der Waals surface area contributed by atoms with Gasteiger partial charge in [0, 0.05) is 18.3 Å². The fraction of sp³-hybridized carbons (Fsp3) is 0.467. The molecule has 1 aromatic carbocycles. The van der Waals surface area contributed by atoms with Gasteiger partial charge in [0.2, 0.25) is 5.91 Å². The van der Waals surface area contributed by atoms with Gasteiger partial charge < -0.3 is 10.4 Å². The van der Waals surface area contributed by atoms with Gasteiger partial charge in [-0.1, -0.05) is 6.42 Å². The third-order valence-corrected chi connectivity index (χ3v) is 3.66. The van der Waals surface area contributed by atoms with E-state index < -0.39 is 23.6 Å². The van der Waals surface area contributed by atoms with Crippen LogP contribution in [0, 0.1) is 11.6 Å². The smallest absolute Gasteiger partial charge is 0.304 e. The van der Waals surface area contributed by atoms with E-state index in [1.807, 2.05) is 4.90 Å². The van der Waals surface area contributed by atoms with Crippen molar-refractivity contribution in [2.24, 2.45) is 0 Å². The number of amides is 1. The number of carbonyl (C=O) groups excluding carboxylic acids is 1. The topological polar surface area (TPSA) is 69.6 Å². The van der Waals surface area contributed by atoms with Gasteiger partial charge in [0.15, 0.2) is 0 Å². The Hall–Kier alpha value is -2.02. The molecule has 7 heteroatoms. The lowest BCUT2D eigenvalue weighted by Gasteiger charge is -2.34. The first kappa shape index (κ1) is 16.4. The van der Waals surface area contributed by atoms with Crippen LogP contribution in [0.2, 0.25) is 0 Å². The molecule has 1 fully saturated rings. The quantitative estimate of drug-likeness (QED) is 0.875. The number of hydrogen-bond acceptors (Lipinski definition) is 3. The summed E-state index contributed by atoms with van der Waals surface area (Å²) >= 11 is 0. The molecular formula is C15H18F2N2O3. The van der Waals surface area contributed by atoms with Crippen LogP contribution >= 0.6 is 0 Å². The molecule has 0 spiro atoms. The van der Waals surface area contributed by atoms with Crippen molar-refractivity contribution in [3.8, 4) is 0 Å². The largest absolute Gasteiger partial charge is 0.481 e. The van der Waals surface area contributed by atoms with Gasteiger partial charge in [-0.3, -0.25) is 14.5 Å². The number of rotatable bonds is 5. The summed E-state index contributed by atoms with van der Waals surface area (Å²) in [5.41, 5.74) is 0.0614. The van der Waals surface area contributed by atoms with Crippen molar-refractivity contribution in [1.82, 2.24) is 4.90 Å². The molecule has 1 aliphatic rings. The normalized spacial score (nSPS) is 18.9. The number of carbonyl (C=O) groups is 2. The van der Waals surface area contributed by atoms with Crippen LogP contribution in [0.1, 0.15) is 25.7 Å². The van der Waals surface area contributed by atoms with E-state index in [0.717, 1.165) is 31.0 Å². The first-order valence-electron chi connectivity index (χ1n) is 7.18. The molecule has 22 heavy (non-hydrogen) atoms. The number of likely N-dealkylation sites (tertiary alicyclic amines) is 1. The summed E-state index contributed by atoms with van der Waals surface area (Å²) < 4.78 is 26.3. The molecule has 0 bridgehead atoms. The molecule has 0 aromatic heterocycles. The fourth-order valence-electron chi connectivity index (χ4n) is 2.65. The molecular weight excluding hydrogens is 294 g/mol. The summed E-state index contributed by atoms with van der Waals surface area (Å²) in [7, 11) is 0. The Morgan fingerprint density at radius 1 is 1.23 bits per heavy atom. The average Bonchev–Trinajstić information content (AvgIpc) is 2.44. The van der Waals surface area contributed by atoms with Gasteiger partial charge in [-0.25, -0.2) is 8.78 Å². The van der Waals surface area contributed by atoms with Crippen molar-refractivity contribution in [2.45, 2.75) is 31.7 Å². The predicted molar refractivity (Wildman–Crippen MR) is 76.5 cm³/mol. The van der Waals surface area contributed by atoms with Gasteiger partial charge in [0.25, 0.3) is 0 Å². The van der Waals surface area contributed by atoms with Gasteiger partial charge in [-0.15, -0.1) is 0 Å².